The van der Waals surface area contributed by atoms with Gasteiger partial charge in [0.1, 0.15) is 0 Å². The third-order valence-corrected chi connectivity index (χ3v) is 8.17. The van der Waals surface area contributed by atoms with E-state index in [4.69, 9.17) is 0 Å². The molecule has 0 unspecified atom stereocenters. The molecule has 0 atom stereocenters. The molecule has 0 radical (unpaired) electrons. The molecule has 0 saturated carbocycles. The van der Waals surface area contributed by atoms with Crippen molar-refractivity contribution in [2.45, 2.75) is 46.2 Å². The summed E-state index contributed by atoms with van der Waals surface area (Å²) in [6.07, 6.45) is 0.888. The molecule has 43 heavy (non-hydrogen) atoms. The van der Waals surface area contributed by atoms with Crippen molar-refractivity contribution in [1.29, 1.82) is 0 Å². The Labute approximate surface area is 255 Å². The van der Waals surface area contributed by atoms with Crippen LogP contribution in [0.5, 0.6) is 0 Å². The Morgan fingerprint density at radius 2 is 1.37 bits per heavy atom. The highest BCUT2D eigenvalue weighted by atomic mass is 16.2. The normalized spacial score (nSPS) is 13.3. The van der Waals surface area contributed by atoms with Gasteiger partial charge in [-0.05, 0) is 87.7 Å². The summed E-state index contributed by atoms with van der Waals surface area (Å²) in [6, 6.07) is 33.9. The van der Waals surface area contributed by atoms with Crippen LogP contribution in [0.1, 0.15) is 54.8 Å². The van der Waals surface area contributed by atoms with Gasteiger partial charge in [0.05, 0.1) is 11.4 Å². The third-order valence-electron chi connectivity index (χ3n) is 8.17. The molecule has 0 fully saturated rings. The number of benzene rings is 4. The average Bonchev–Trinajstić information content (AvgIpc) is 3.21. The van der Waals surface area contributed by atoms with E-state index >= 15 is 0 Å². The number of nitrogens with zero attached hydrogens (tertiary/aromatic N) is 3. The zero-order chi connectivity index (χ0) is 30.3. The summed E-state index contributed by atoms with van der Waals surface area (Å²) in [7, 11) is 0. The van der Waals surface area contributed by atoms with E-state index in [0.29, 0.717) is 35.4 Å². The first-order chi connectivity index (χ1) is 20.8. The van der Waals surface area contributed by atoms with Crippen molar-refractivity contribution in [2.24, 2.45) is 0 Å². The molecular formula is C37H42N4O2. The molecule has 6 heteroatoms. The SMILES string of the molecule is CC(C)N(CCN1CCCN(C(=O)c2ccc(NC(=O)c3ccccc3-c3ccccc3)cc2)c2ccccc21)C(C)C. The quantitative estimate of drug-likeness (QED) is 0.224. The first-order valence-corrected chi connectivity index (χ1v) is 15.3. The number of carbonyl (C=O) groups excluding carboxylic acids is 2. The van der Waals surface area contributed by atoms with Crippen LogP contribution in [0.3, 0.4) is 0 Å². The minimum Gasteiger partial charge on any atom is -0.368 e. The van der Waals surface area contributed by atoms with Crippen LogP contribution >= 0.6 is 0 Å². The van der Waals surface area contributed by atoms with Crippen LogP contribution in [-0.4, -0.2) is 55.0 Å². The van der Waals surface area contributed by atoms with Crippen LogP contribution in [0.15, 0.2) is 103 Å². The Bertz CT molecular complexity index is 1520. The minimum atomic E-state index is -0.187. The molecule has 1 N–H and O–H groups in total. The van der Waals surface area contributed by atoms with E-state index in [0.717, 1.165) is 48.6 Å². The van der Waals surface area contributed by atoms with E-state index in [2.05, 4.69) is 54.9 Å². The molecule has 4 aromatic carbocycles. The van der Waals surface area contributed by atoms with E-state index in [9.17, 15) is 9.59 Å². The zero-order valence-electron chi connectivity index (χ0n) is 25.7. The number of anilines is 3. The van der Waals surface area contributed by atoms with E-state index in [1.165, 1.54) is 0 Å². The van der Waals surface area contributed by atoms with Crippen LogP contribution in [-0.2, 0) is 0 Å². The van der Waals surface area contributed by atoms with Gasteiger partial charge in [0.15, 0.2) is 0 Å². The highest BCUT2D eigenvalue weighted by Crippen LogP contribution is 2.33. The Kier molecular flexibility index (Phi) is 9.58. The van der Waals surface area contributed by atoms with Crippen LogP contribution in [0.2, 0.25) is 0 Å². The number of hydrogen-bond donors (Lipinski definition) is 1. The first-order valence-electron chi connectivity index (χ1n) is 15.3. The van der Waals surface area contributed by atoms with Crippen LogP contribution in [0, 0.1) is 0 Å². The van der Waals surface area contributed by atoms with Gasteiger partial charge in [0, 0.05) is 55.1 Å². The molecule has 2 amide bonds. The fraction of sp³-hybridized carbons (Fsp3) is 0.297. The molecule has 5 rings (SSSR count). The lowest BCUT2D eigenvalue weighted by atomic mass is 9.99. The largest absolute Gasteiger partial charge is 0.368 e. The number of nitrogens with one attached hydrogen (secondary N) is 1. The Hall–Kier alpha value is -4.42. The minimum absolute atomic E-state index is 0.0346. The molecule has 0 bridgehead atoms. The topological polar surface area (TPSA) is 55.9 Å². The number of fused-ring (bicyclic) bond motifs is 1. The van der Waals surface area contributed by atoms with Gasteiger partial charge in [0.2, 0.25) is 0 Å². The first kappa shape index (κ1) is 30.1. The standard InChI is InChI=1S/C37H42N4O2/c1-27(2)40(28(3)4)26-25-39-23-12-24-41(35-18-11-10-17-34(35)39)37(43)30-19-21-31(22-20-30)38-36(42)33-16-9-8-15-32(33)29-13-6-5-7-14-29/h5-11,13-22,27-28H,12,23-26H2,1-4H3,(H,38,42). The van der Waals surface area contributed by atoms with Crippen molar-refractivity contribution < 1.29 is 9.59 Å². The predicted octanol–water partition coefficient (Wildman–Crippen LogP) is 7.58. The second-order valence-corrected chi connectivity index (χ2v) is 11.7. The Morgan fingerprint density at radius 3 is 2.07 bits per heavy atom. The Balaban J connectivity index is 1.30. The third kappa shape index (κ3) is 6.98. The number of para-hydroxylation sites is 2. The van der Waals surface area contributed by atoms with Gasteiger partial charge in [-0.2, -0.15) is 0 Å². The van der Waals surface area contributed by atoms with E-state index < -0.39 is 0 Å². The van der Waals surface area contributed by atoms with Gasteiger partial charge in [0.25, 0.3) is 11.8 Å². The van der Waals surface area contributed by atoms with Crippen molar-refractivity contribution in [3.63, 3.8) is 0 Å². The van der Waals surface area contributed by atoms with E-state index in [1.54, 1.807) is 24.3 Å². The molecule has 0 aromatic heterocycles. The van der Waals surface area contributed by atoms with Crippen LogP contribution < -0.4 is 15.1 Å². The molecule has 1 aliphatic rings. The van der Waals surface area contributed by atoms with Gasteiger partial charge in [-0.3, -0.25) is 14.5 Å². The lowest BCUT2D eigenvalue weighted by molar-refractivity contribution is 0.0986. The lowest BCUT2D eigenvalue weighted by Gasteiger charge is -2.34. The second-order valence-electron chi connectivity index (χ2n) is 11.7. The summed E-state index contributed by atoms with van der Waals surface area (Å²) in [6.45, 7) is 12.4. The molecule has 1 heterocycles. The average molecular weight is 575 g/mol. The summed E-state index contributed by atoms with van der Waals surface area (Å²) >= 11 is 0. The molecule has 6 nitrogen and oxygen atoms in total. The van der Waals surface area contributed by atoms with Gasteiger partial charge >= 0.3 is 0 Å². The van der Waals surface area contributed by atoms with E-state index in [-0.39, 0.29) is 11.8 Å². The fourth-order valence-corrected chi connectivity index (χ4v) is 6.01. The summed E-state index contributed by atoms with van der Waals surface area (Å²) in [5.41, 5.74) is 5.75. The maximum absolute atomic E-state index is 13.8. The lowest BCUT2D eigenvalue weighted by Crippen LogP contribution is -2.42. The molecule has 0 aliphatic carbocycles. The number of rotatable bonds is 9. The smallest absolute Gasteiger partial charge is 0.258 e. The van der Waals surface area contributed by atoms with Crippen LogP contribution in [0.25, 0.3) is 11.1 Å². The molecule has 0 spiro atoms. The molecular weight excluding hydrogens is 532 g/mol. The summed E-state index contributed by atoms with van der Waals surface area (Å²) < 4.78 is 0. The number of amides is 2. The monoisotopic (exact) mass is 574 g/mol. The van der Waals surface area contributed by atoms with Crippen LogP contribution in [0.4, 0.5) is 17.1 Å². The number of hydrogen-bond acceptors (Lipinski definition) is 4. The maximum Gasteiger partial charge on any atom is 0.258 e. The van der Waals surface area contributed by atoms with E-state index in [1.807, 2.05) is 71.6 Å². The highest BCUT2D eigenvalue weighted by Gasteiger charge is 2.26. The van der Waals surface area contributed by atoms with Gasteiger partial charge < -0.3 is 15.1 Å². The maximum atomic E-state index is 13.8. The summed E-state index contributed by atoms with van der Waals surface area (Å²) in [4.78, 5) is 33.9. The van der Waals surface area contributed by atoms with Crippen molar-refractivity contribution in [2.75, 3.05) is 41.3 Å². The molecule has 222 valence electrons. The van der Waals surface area contributed by atoms with Crippen molar-refractivity contribution in [1.82, 2.24) is 4.90 Å². The van der Waals surface area contributed by atoms with Gasteiger partial charge in [-0.25, -0.2) is 0 Å². The molecule has 1 aliphatic heterocycles. The van der Waals surface area contributed by atoms with Crippen molar-refractivity contribution in [3.8, 4) is 11.1 Å². The zero-order valence-corrected chi connectivity index (χ0v) is 25.7. The van der Waals surface area contributed by atoms with Gasteiger partial charge in [-0.1, -0.05) is 60.7 Å². The molecule has 4 aromatic rings. The van der Waals surface area contributed by atoms with Crippen molar-refractivity contribution >= 4 is 28.9 Å². The number of carbonyl (C=O) groups is 2. The summed E-state index contributed by atoms with van der Waals surface area (Å²) in [5.74, 6) is -0.221. The molecule has 0 saturated heterocycles. The summed E-state index contributed by atoms with van der Waals surface area (Å²) in [5, 5.41) is 3.01. The van der Waals surface area contributed by atoms with Gasteiger partial charge in [-0.15, -0.1) is 0 Å². The highest BCUT2D eigenvalue weighted by molar-refractivity contribution is 6.10. The fourth-order valence-electron chi connectivity index (χ4n) is 6.01. The predicted molar refractivity (Wildman–Crippen MR) is 178 cm³/mol. The Morgan fingerprint density at radius 1 is 0.744 bits per heavy atom. The second kappa shape index (κ2) is 13.7. The van der Waals surface area contributed by atoms with Crippen molar-refractivity contribution in [3.05, 3.63) is 114 Å².